The third-order valence-corrected chi connectivity index (χ3v) is 3.27. The highest BCUT2D eigenvalue weighted by Gasteiger charge is 2.13. The number of benzene rings is 1. The van der Waals surface area contributed by atoms with Crippen molar-refractivity contribution < 1.29 is 9.47 Å². The lowest BCUT2D eigenvalue weighted by molar-refractivity contribution is 0.171. The van der Waals surface area contributed by atoms with Crippen LogP contribution in [0, 0.1) is 0 Å². The second-order valence-corrected chi connectivity index (χ2v) is 5.08. The zero-order chi connectivity index (χ0) is 13.9. The molecule has 2 aromatic rings. The topological polar surface area (TPSA) is 43.4 Å². The molecule has 0 bridgehead atoms. The molecular formula is C16H18N2O2. The van der Waals surface area contributed by atoms with Gasteiger partial charge in [-0.05, 0) is 29.7 Å². The van der Waals surface area contributed by atoms with Gasteiger partial charge in [-0.3, -0.25) is 0 Å². The number of nitrogens with zero attached hydrogens (tertiary/aromatic N) is 1. The Hall–Kier alpha value is -2.23. The lowest BCUT2D eigenvalue weighted by Crippen LogP contribution is -2.15. The van der Waals surface area contributed by atoms with Crippen LogP contribution in [0.25, 0.3) is 0 Å². The van der Waals surface area contributed by atoms with Crippen LogP contribution in [0.2, 0.25) is 0 Å². The van der Waals surface area contributed by atoms with Crippen LogP contribution in [0.1, 0.15) is 25.3 Å². The highest BCUT2D eigenvalue weighted by Crippen LogP contribution is 2.34. The van der Waals surface area contributed by atoms with Gasteiger partial charge in [-0.2, -0.15) is 0 Å². The van der Waals surface area contributed by atoms with E-state index in [4.69, 9.17) is 9.47 Å². The third-order valence-electron chi connectivity index (χ3n) is 3.27. The Bertz CT molecular complexity index is 611. The summed E-state index contributed by atoms with van der Waals surface area (Å²) in [4.78, 5) is 4.42. The van der Waals surface area contributed by atoms with Crippen LogP contribution in [-0.4, -0.2) is 18.2 Å². The molecule has 104 valence electrons. The monoisotopic (exact) mass is 270 g/mol. The summed E-state index contributed by atoms with van der Waals surface area (Å²) < 4.78 is 11.1. The molecule has 0 aliphatic carbocycles. The fraction of sp³-hybridized carbons (Fsp3) is 0.312. The van der Waals surface area contributed by atoms with Crippen molar-refractivity contribution in [1.29, 1.82) is 0 Å². The van der Waals surface area contributed by atoms with E-state index in [1.165, 1.54) is 5.56 Å². The van der Waals surface area contributed by atoms with Gasteiger partial charge < -0.3 is 14.8 Å². The zero-order valence-corrected chi connectivity index (χ0v) is 11.7. The summed E-state index contributed by atoms with van der Waals surface area (Å²) >= 11 is 0. The summed E-state index contributed by atoms with van der Waals surface area (Å²) in [5.74, 6) is 2.89. The van der Waals surface area contributed by atoms with Crippen molar-refractivity contribution in [3.8, 4) is 11.5 Å². The number of nitrogens with one attached hydrogen (secondary N) is 1. The maximum absolute atomic E-state index is 5.59. The number of hydrogen-bond acceptors (Lipinski definition) is 4. The van der Waals surface area contributed by atoms with Crippen LogP contribution < -0.4 is 14.8 Å². The van der Waals surface area contributed by atoms with Crippen LogP contribution in [0.4, 0.5) is 11.5 Å². The fourth-order valence-corrected chi connectivity index (χ4v) is 2.25. The van der Waals surface area contributed by atoms with Gasteiger partial charge in [0.2, 0.25) is 0 Å². The molecule has 20 heavy (non-hydrogen) atoms. The van der Waals surface area contributed by atoms with Gasteiger partial charge in [-0.1, -0.05) is 19.9 Å². The van der Waals surface area contributed by atoms with Gasteiger partial charge in [0.25, 0.3) is 0 Å². The van der Waals surface area contributed by atoms with Gasteiger partial charge in [0.1, 0.15) is 19.0 Å². The molecule has 3 rings (SSSR count). The van der Waals surface area contributed by atoms with Crippen molar-refractivity contribution in [2.45, 2.75) is 19.8 Å². The van der Waals surface area contributed by atoms with Crippen molar-refractivity contribution in [3.05, 3.63) is 42.1 Å². The van der Waals surface area contributed by atoms with Crippen molar-refractivity contribution in [2.24, 2.45) is 0 Å². The van der Waals surface area contributed by atoms with Gasteiger partial charge in [-0.25, -0.2) is 4.98 Å². The first-order valence-corrected chi connectivity index (χ1v) is 6.85. The van der Waals surface area contributed by atoms with E-state index in [1.54, 1.807) is 6.20 Å². The minimum absolute atomic E-state index is 0.420. The molecule has 1 aromatic heterocycles. The summed E-state index contributed by atoms with van der Waals surface area (Å²) in [6, 6.07) is 9.91. The van der Waals surface area contributed by atoms with Crippen molar-refractivity contribution >= 4 is 11.5 Å². The van der Waals surface area contributed by atoms with Crippen molar-refractivity contribution in [3.63, 3.8) is 0 Å². The molecule has 0 fully saturated rings. The molecule has 0 atom stereocenters. The van der Waals surface area contributed by atoms with Gasteiger partial charge in [0.05, 0.1) is 0 Å². The minimum atomic E-state index is 0.420. The molecule has 0 radical (unpaired) electrons. The molecule has 0 saturated heterocycles. The molecule has 1 aromatic carbocycles. The summed E-state index contributed by atoms with van der Waals surface area (Å²) in [6.07, 6.45) is 1.80. The summed E-state index contributed by atoms with van der Waals surface area (Å²) in [5.41, 5.74) is 2.15. The van der Waals surface area contributed by atoms with Crippen LogP contribution in [0.5, 0.6) is 11.5 Å². The van der Waals surface area contributed by atoms with Crippen LogP contribution in [0.15, 0.2) is 36.5 Å². The van der Waals surface area contributed by atoms with Gasteiger partial charge in [0, 0.05) is 18.0 Å². The van der Waals surface area contributed by atoms with Gasteiger partial charge in [0.15, 0.2) is 11.5 Å². The van der Waals surface area contributed by atoms with E-state index in [9.17, 15) is 0 Å². The lowest BCUT2D eigenvalue weighted by Gasteiger charge is -2.19. The molecule has 4 nitrogen and oxygen atoms in total. The molecule has 1 aliphatic heterocycles. The Morgan fingerprint density at radius 2 is 1.90 bits per heavy atom. The van der Waals surface area contributed by atoms with E-state index >= 15 is 0 Å². The normalized spacial score (nSPS) is 13.3. The largest absolute Gasteiger partial charge is 0.486 e. The van der Waals surface area contributed by atoms with E-state index in [0.717, 1.165) is 23.0 Å². The van der Waals surface area contributed by atoms with Crippen molar-refractivity contribution in [1.82, 2.24) is 4.98 Å². The van der Waals surface area contributed by atoms with E-state index in [1.807, 2.05) is 24.3 Å². The first-order chi connectivity index (χ1) is 9.74. The lowest BCUT2D eigenvalue weighted by atomic mass is 10.0. The molecule has 2 heterocycles. The number of pyridine rings is 1. The van der Waals surface area contributed by atoms with E-state index in [0.29, 0.717) is 19.1 Å². The van der Waals surface area contributed by atoms with Crippen molar-refractivity contribution in [2.75, 3.05) is 18.5 Å². The summed E-state index contributed by atoms with van der Waals surface area (Å²) in [6.45, 7) is 5.52. The number of ether oxygens (including phenoxy) is 2. The van der Waals surface area contributed by atoms with Crippen LogP contribution in [-0.2, 0) is 0 Å². The molecule has 0 unspecified atom stereocenters. The maximum Gasteiger partial charge on any atom is 0.163 e. The first kappa shape index (κ1) is 12.8. The summed E-state index contributed by atoms with van der Waals surface area (Å²) in [5, 5.41) is 3.36. The average Bonchev–Trinajstić information content (AvgIpc) is 2.47. The molecule has 0 saturated carbocycles. The van der Waals surface area contributed by atoms with E-state index in [2.05, 4.69) is 30.2 Å². The number of anilines is 2. The fourth-order valence-electron chi connectivity index (χ4n) is 2.25. The number of hydrogen-bond donors (Lipinski definition) is 1. The Morgan fingerprint density at radius 3 is 2.70 bits per heavy atom. The van der Waals surface area contributed by atoms with Crippen LogP contribution in [0.3, 0.4) is 0 Å². The number of fused-ring (bicyclic) bond motifs is 1. The smallest absolute Gasteiger partial charge is 0.163 e. The van der Waals surface area contributed by atoms with E-state index < -0.39 is 0 Å². The quantitative estimate of drug-likeness (QED) is 0.923. The third kappa shape index (κ3) is 2.54. The predicted molar refractivity (Wildman–Crippen MR) is 79.0 cm³/mol. The molecule has 1 aliphatic rings. The summed E-state index contributed by atoms with van der Waals surface area (Å²) in [7, 11) is 0. The standard InChI is InChI=1S/C16H18N2O2/c1-11(2)13-4-3-7-17-16(13)18-12-5-6-14-15(10-12)20-9-8-19-14/h3-7,10-11H,8-9H2,1-2H3,(H,17,18). The first-order valence-electron chi connectivity index (χ1n) is 6.85. The van der Waals surface area contributed by atoms with Crippen LogP contribution >= 0.6 is 0 Å². The average molecular weight is 270 g/mol. The molecule has 1 N–H and O–H groups in total. The number of rotatable bonds is 3. The predicted octanol–water partition coefficient (Wildman–Crippen LogP) is 3.72. The Balaban J connectivity index is 1.88. The molecular weight excluding hydrogens is 252 g/mol. The van der Waals surface area contributed by atoms with Gasteiger partial charge in [-0.15, -0.1) is 0 Å². The highest BCUT2D eigenvalue weighted by molar-refractivity contribution is 5.63. The van der Waals surface area contributed by atoms with E-state index in [-0.39, 0.29) is 0 Å². The molecule has 0 amide bonds. The SMILES string of the molecule is CC(C)c1cccnc1Nc1ccc2c(c1)OCCO2. The molecule has 4 heteroatoms. The second-order valence-electron chi connectivity index (χ2n) is 5.08. The second kappa shape index (κ2) is 5.41. The Morgan fingerprint density at radius 1 is 1.10 bits per heavy atom. The maximum atomic E-state index is 5.59. The minimum Gasteiger partial charge on any atom is -0.486 e. The highest BCUT2D eigenvalue weighted by atomic mass is 16.6. The number of aromatic nitrogens is 1. The Labute approximate surface area is 118 Å². The zero-order valence-electron chi connectivity index (χ0n) is 11.7. The van der Waals surface area contributed by atoms with Gasteiger partial charge >= 0.3 is 0 Å². The Kier molecular flexibility index (Phi) is 3.46. The molecule has 0 spiro atoms.